The molecule has 3 rings (SSSR count). The van der Waals surface area contributed by atoms with Crippen LogP contribution in [0.3, 0.4) is 0 Å². The fourth-order valence-corrected chi connectivity index (χ4v) is 2.25. The van der Waals surface area contributed by atoms with E-state index >= 15 is 0 Å². The van der Waals surface area contributed by atoms with E-state index in [9.17, 15) is 13.2 Å². The molecule has 0 spiro atoms. The lowest BCUT2D eigenvalue weighted by atomic mass is 10.2. The summed E-state index contributed by atoms with van der Waals surface area (Å²) < 4.78 is 38.6. The van der Waals surface area contributed by atoms with Crippen LogP contribution in [0.5, 0.6) is 0 Å². The van der Waals surface area contributed by atoms with Crippen molar-refractivity contribution in [1.82, 2.24) is 19.9 Å². The quantitative estimate of drug-likeness (QED) is 0.673. The highest BCUT2D eigenvalue weighted by Gasteiger charge is 2.33. The number of rotatable bonds is 2. The van der Waals surface area contributed by atoms with Gasteiger partial charge in [-0.1, -0.05) is 11.6 Å². The molecule has 0 aliphatic rings. The second kappa shape index (κ2) is 5.29. The molecule has 5 nitrogen and oxygen atoms in total. The molecule has 0 saturated carbocycles. The Morgan fingerprint density at radius 3 is 2.64 bits per heavy atom. The van der Waals surface area contributed by atoms with Gasteiger partial charge in [-0.05, 0) is 29.8 Å². The third-order valence-corrected chi connectivity index (χ3v) is 3.28. The Kier molecular flexibility index (Phi) is 3.57. The Balaban J connectivity index is 2.04. The van der Waals surface area contributed by atoms with Gasteiger partial charge in [0.15, 0.2) is 17.0 Å². The van der Waals surface area contributed by atoms with Crippen LogP contribution in [0.4, 0.5) is 24.7 Å². The number of aromatic nitrogens is 4. The highest BCUT2D eigenvalue weighted by atomic mass is 35.5. The van der Waals surface area contributed by atoms with Gasteiger partial charge in [-0.2, -0.15) is 23.1 Å². The maximum absolute atomic E-state index is 12.9. The number of fused-ring (bicyclic) bond motifs is 1. The van der Waals surface area contributed by atoms with Gasteiger partial charge in [0.25, 0.3) is 0 Å². The number of alkyl halides is 3. The first-order valence-electron chi connectivity index (χ1n) is 5.85. The van der Waals surface area contributed by atoms with Crippen LogP contribution in [0.25, 0.3) is 11.2 Å². The monoisotopic (exact) mass is 347 g/mol. The summed E-state index contributed by atoms with van der Waals surface area (Å²) in [6.45, 7) is 0. The van der Waals surface area contributed by atoms with Crippen LogP contribution in [0.15, 0.2) is 24.5 Å². The summed E-state index contributed by atoms with van der Waals surface area (Å²) in [6.07, 6.45) is -3.18. The zero-order valence-corrected chi connectivity index (χ0v) is 12.1. The van der Waals surface area contributed by atoms with E-state index < -0.39 is 11.7 Å². The average molecular weight is 348 g/mol. The van der Waals surface area contributed by atoms with Gasteiger partial charge in [0.05, 0.1) is 16.9 Å². The molecule has 2 heterocycles. The van der Waals surface area contributed by atoms with E-state index in [2.05, 4.69) is 25.3 Å². The Labute approximate surface area is 131 Å². The first kappa shape index (κ1) is 14.9. The molecule has 0 bridgehead atoms. The van der Waals surface area contributed by atoms with Crippen molar-refractivity contribution in [2.24, 2.45) is 0 Å². The van der Waals surface area contributed by atoms with Crippen molar-refractivity contribution >= 4 is 45.9 Å². The molecule has 2 aromatic heterocycles. The summed E-state index contributed by atoms with van der Waals surface area (Å²) in [4.78, 5) is 14.6. The van der Waals surface area contributed by atoms with Crippen LogP contribution in [0, 0.1) is 0 Å². The molecule has 0 aliphatic carbocycles. The first-order valence-corrected chi connectivity index (χ1v) is 6.60. The van der Waals surface area contributed by atoms with Crippen molar-refractivity contribution in [3.63, 3.8) is 0 Å². The van der Waals surface area contributed by atoms with Crippen LogP contribution in [0.2, 0.25) is 10.3 Å². The number of H-pyrrole nitrogens is 1. The van der Waals surface area contributed by atoms with E-state index in [1.54, 1.807) is 0 Å². The SMILES string of the molecule is FC(F)(F)c1cc(Nc2nc(Cl)nc3[nH]cnc23)ccc1Cl. The number of hydrogen-bond acceptors (Lipinski definition) is 4. The highest BCUT2D eigenvalue weighted by molar-refractivity contribution is 6.31. The van der Waals surface area contributed by atoms with Gasteiger partial charge in [-0.3, -0.25) is 0 Å². The van der Waals surface area contributed by atoms with E-state index in [4.69, 9.17) is 23.2 Å². The number of anilines is 2. The van der Waals surface area contributed by atoms with Crippen molar-refractivity contribution in [1.29, 1.82) is 0 Å². The largest absolute Gasteiger partial charge is 0.417 e. The molecule has 0 saturated heterocycles. The number of hydrogen-bond donors (Lipinski definition) is 2. The lowest BCUT2D eigenvalue weighted by Gasteiger charge is -2.12. The Bertz CT molecular complexity index is 846. The standard InChI is InChI=1S/C12H6Cl2F3N5/c13-7-2-1-5(3-6(7)12(15,16)17)20-10-8-9(19-4-18-8)21-11(14)22-10/h1-4H,(H2,18,19,20,21,22). The Hall–Kier alpha value is -2.06. The van der Waals surface area contributed by atoms with Crippen LogP contribution in [-0.2, 0) is 6.18 Å². The van der Waals surface area contributed by atoms with E-state index in [0.29, 0.717) is 11.2 Å². The van der Waals surface area contributed by atoms with Gasteiger partial charge in [0.1, 0.15) is 0 Å². The lowest BCUT2D eigenvalue weighted by Crippen LogP contribution is -2.07. The number of nitrogens with one attached hydrogen (secondary N) is 2. The fraction of sp³-hybridized carbons (Fsp3) is 0.0833. The maximum atomic E-state index is 12.9. The predicted molar refractivity (Wildman–Crippen MR) is 76.4 cm³/mol. The zero-order chi connectivity index (χ0) is 15.9. The number of aromatic amines is 1. The molecule has 0 unspecified atom stereocenters. The second-order valence-corrected chi connectivity index (χ2v) is 5.00. The lowest BCUT2D eigenvalue weighted by molar-refractivity contribution is -0.137. The number of halogens is 5. The molecule has 0 atom stereocenters. The van der Waals surface area contributed by atoms with Gasteiger partial charge in [-0.15, -0.1) is 0 Å². The molecule has 114 valence electrons. The summed E-state index contributed by atoms with van der Waals surface area (Å²) >= 11 is 11.3. The van der Waals surface area contributed by atoms with Crippen molar-refractivity contribution in [3.8, 4) is 0 Å². The molecule has 2 N–H and O–H groups in total. The molecular weight excluding hydrogens is 342 g/mol. The van der Waals surface area contributed by atoms with E-state index in [-0.39, 0.29) is 21.8 Å². The Morgan fingerprint density at radius 2 is 1.91 bits per heavy atom. The van der Waals surface area contributed by atoms with Gasteiger partial charge < -0.3 is 10.3 Å². The molecule has 0 amide bonds. The summed E-state index contributed by atoms with van der Waals surface area (Å²) in [5, 5.41) is 2.29. The highest BCUT2D eigenvalue weighted by Crippen LogP contribution is 2.37. The van der Waals surface area contributed by atoms with E-state index in [1.807, 2.05) is 0 Å². The van der Waals surface area contributed by atoms with Crippen molar-refractivity contribution in [3.05, 3.63) is 40.4 Å². The second-order valence-electron chi connectivity index (χ2n) is 4.26. The molecule has 10 heteroatoms. The molecule has 22 heavy (non-hydrogen) atoms. The van der Waals surface area contributed by atoms with Crippen LogP contribution in [0.1, 0.15) is 5.56 Å². The topological polar surface area (TPSA) is 66.5 Å². The minimum absolute atomic E-state index is 0.0655. The molecule has 1 aromatic carbocycles. The fourth-order valence-electron chi connectivity index (χ4n) is 1.85. The predicted octanol–water partition coefficient (Wildman–Crippen LogP) is 4.42. The summed E-state index contributed by atoms with van der Waals surface area (Å²) in [7, 11) is 0. The molecular formula is C12H6Cl2F3N5. The maximum Gasteiger partial charge on any atom is 0.417 e. The summed E-state index contributed by atoms with van der Waals surface area (Å²) in [5.41, 5.74) is -0.0752. The van der Waals surface area contributed by atoms with E-state index in [0.717, 1.165) is 12.1 Å². The first-order chi connectivity index (χ1) is 10.3. The third kappa shape index (κ3) is 2.79. The minimum Gasteiger partial charge on any atom is -0.338 e. The van der Waals surface area contributed by atoms with Crippen molar-refractivity contribution < 1.29 is 13.2 Å². The number of nitrogens with zero attached hydrogens (tertiary/aromatic N) is 3. The Morgan fingerprint density at radius 1 is 1.14 bits per heavy atom. The molecule has 0 fully saturated rings. The number of imidazole rings is 1. The van der Waals surface area contributed by atoms with Crippen LogP contribution in [-0.4, -0.2) is 19.9 Å². The zero-order valence-electron chi connectivity index (χ0n) is 10.5. The van der Waals surface area contributed by atoms with Crippen LogP contribution >= 0.6 is 23.2 Å². The summed E-state index contributed by atoms with van der Waals surface area (Å²) in [6, 6.07) is 3.43. The summed E-state index contributed by atoms with van der Waals surface area (Å²) in [5.74, 6) is 0.187. The van der Waals surface area contributed by atoms with Crippen LogP contribution < -0.4 is 5.32 Å². The van der Waals surface area contributed by atoms with Crippen molar-refractivity contribution in [2.45, 2.75) is 6.18 Å². The van der Waals surface area contributed by atoms with Crippen molar-refractivity contribution in [2.75, 3.05) is 5.32 Å². The average Bonchev–Trinajstić information content (AvgIpc) is 2.87. The molecule has 0 aliphatic heterocycles. The smallest absolute Gasteiger partial charge is 0.338 e. The van der Waals surface area contributed by atoms with Gasteiger partial charge in [-0.25, -0.2) is 4.98 Å². The minimum atomic E-state index is -4.56. The molecule has 3 aromatic rings. The molecule has 0 radical (unpaired) electrons. The van der Waals surface area contributed by atoms with Gasteiger partial charge >= 0.3 is 6.18 Å². The normalized spacial score (nSPS) is 11.9. The third-order valence-electron chi connectivity index (χ3n) is 2.79. The number of benzene rings is 1. The van der Waals surface area contributed by atoms with Gasteiger partial charge in [0.2, 0.25) is 5.28 Å². The van der Waals surface area contributed by atoms with E-state index in [1.165, 1.54) is 12.4 Å². The van der Waals surface area contributed by atoms with Gasteiger partial charge in [0, 0.05) is 5.69 Å².